The lowest BCUT2D eigenvalue weighted by molar-refractivity contribution is -0.137. The lowest BCUT2D eigenvalue weighted by atomic mass is 10.2. The summed E-state index contributed by atoms with van der Waals surface area (Å²) in [4.78, 5) is 11.1. The van der Waals surface area contributed by atoms with Crippen molar-refractivity contribution in [3.8, 4) is 5.75 Å². The van der Waals surface area contributed by atoms with Crippen LogP contribution in [0.4, 0.5) is 0 Å². The van der Waals surface area contributed by atoms with Crippen LogP contribution in [0.2, 0.25) is 5.02 Å². The van der Waals surface area contributed by atoms with Crippen molar-refractivity contribution < 1.29 is 14.3 Å². The molecule has 98 valence electrons. The Balaban J connectivity index is 2.75. The molecule has 0 fully saturated rings. The molecule has 0 atom stereocenters. The second-order valence-electron chi connectivity index (χ2n) is 3.94. The quantitative estimate of drug-likeness (QED) is 0.603. The van der Waals surface area contributed by atoms with Gasteiger partial charge in [0.2, 0.25) is 0 Å². The van der Waals surface area contributed by atoms with Crippen LogP contribution in [0.1, 0.15) is 26.3 Å². The highest BCUT2D eigenvalue weighted by Crippen LogP contribution is 2.26. The van der Waals surface area contributed by atoms with E-state index in [9.17, 15) is 4.79 Å². The van der Waals surface area contributed by atoms with Gasteiger partial charge in [-0.05, 0) is 44.5 Å². The molecule has 0 amide bonds. The number of esters is 1. The fourth-order valence-electron chi connectivity index (χ4n) is 1.32. The number of carbonyl (C=O) groups is 1. The van der Waals surface area contributed by atoms with Gasteiger partial charge in [-0.25, -0.2) is 4.79 Å². The van der Waals surface area contributed by atoms with E-state index in [1.54, 1.807) is 25.1 Å². The summed E-state index contributed by atoms with van der Waals surface area (Å²) >= 11 is 6.07. The molecule has 3 nitrogen and oxygen atoms in total. The first kappa shape index (κ1) is 14.6. The number of rotatable bonds is 5. The van der Waals surface area contributed by atoms with E-state index in [4.69, 9.17) is 21.1 Å². The zero-order valence-corrected chi connectivity index (χ0v) is 11.5. The summed E-state index contributed by atoms with van der Waals surface area (Å²) in [6, 6.07) is 5.36. The molecule has 1 aromatic carbocycles. The Morgan fingerprint density at radius 2 is 2.17 bits per heavy atom. The predicted octanol–water partition coefficient (Wildman–Crippen LogP) is 3.70. The molecular weight excluding hydrogens is 252 g/mol. The fourth-order valence-corrected chi connectivity index (χ4v) is 1.56. The monoisotopic (exact) mass is 268 g/mol. The summed E-state index contributed by atoms with van der Waals surface area (Å²) in [6.07, 6.45) is 3.10. The van der Waals surface area contributed by atoms with Crippen LogP contribution in [0.25, 0.3) is 6.08 Å². The van der Waals surface area contributed by atoms with Crippen molar-refractivity contribution in [3.63, 3.8) is 0 Å². The highest BCUT2D eigenvalue weighted by atomic mass is 35.5. The van der Waals surface area contributed by atoms with E-state index >= 15 is 0 Å². The minimum atomic E-state index is -0.365. The Labute approximate surface area is 112 Å². The largest absolute Gasteiger partial charge is 0.489 e. The molecule has 0 spiro atoms. The zero-order chi connectivity index (χ0) is 13.5. The number of benzene rings is 1. The number of ether oxygens (including phenoxy) is 2. The van der Waals surface area contributed by atoms with Crippen LogP contribution >= 0.6 is 11.6 Å². The van der Waals surface area contributed by atoms with Gasteiger partial charge in [0.1, 0.15) is 5.75 Å². The molecule has 1 aromatic rings. The third-order valence-electron chi connectivity index (χ3n) is 2.02. The van der Waals surface area contributed by atoms with E-state index in [1.165, 1.54) is 6.08 Å². The van der Waals surface area contributed by atoms with Gasteiger partial charge in [-0.2, -0.15) is 0 Å². The van der Waals surface area contributed by atoms with Crippen LogP contribution < -0.4 is 4.74 Å². The first-order valence-electron chi connectivity index (χ1n) is 5.84. The van der Waals surface area contributed by atoms with Gasteiger partial charge in [-0.3, -0.25) is 0 Å². The zero-order valence-electron chi connectivity index (χ0n) is 10.8. The molecule has 1 rings (SSSR count). The van der Waals surface area contributed by atoms with Gasteiger partial charge in [0.25, 0.3) is 0 Å². The van der Waals surface area contributed by atoms with Crippen LogP contribution in [0.5, 0.6) is 5.75 Å². The second-order valence-corrected chi connectivity index (χ2v) is 4.35. The van der Waals surface area contributed by atoms with Crippen molar-refractivity contribution in [1.29, 1.82) is 0 Å². The SMILES string of the molecule is CCOC(=O)C=Cc1ccc(OC(C)C)c(Cl)c1. The van der Waals surface area contributed by atoms with Crippen LogP contribution in [0.3, 0.4) is 0 Å². The first-order chi connectivity index (χ1) is 8.52. The maximum absolute atomic E-state index is 11.1. The van der Waals surface area contributed by atoms with Crippen LogP contribution in [-0.2, 0) is 9.53 Å². The summed E-state index contributed by atoms with van der Waals surface area (Å²) in [5.74, 6) is 0.274. The summed E-state index contributed by atoms with van der Waals surface area (Å²) < 4.78 is 10.3. The Morgan fingerprint density at radius 3 is 2.72 bits per heavy atom. The average molecular weight is 269 g/mol. The number of halogens is 1. The third kappa shape index (κ3) is 4.80. The summed E-state index contributed by atoms with van der Waals surface area (Å²) in [7, 11) is 0. The average Bonchev–Trinajstić information content (AvgIpc) is 2.29. The third-order valence-corrected chi connectivity index (χ3v) is 2.31. The molecule has 18 heavy (non-hydrogen) atoms. The smallest absolute Gasteiger partial charge is 0.330 e. The number of hydrogen-bond acceptors (Lipinski definition) is 3. The van der Waals surface area contributed by atoms with Crippen molar-refractivity contribution >= 4 is 23.6 Å². The molecule has 0 bridgehead atoms. The molecule has 0 heterocycles. The highest BCUT2D eigenvalue weighted by molar-refractivity contribution is 6.32. The van der Waals surface area contributed by atoms with Gasteiger partial charge >= 0.3 is 5.97 Å². The van der Waals surface area contributed by atoms with E-state index in [0.717, 1.165) is 5.56 Å². The second kappa shape index (κ2) is 7.07. The Hall–Kier alpha value is -1.48. The molecule has 0 unspecified atom stereocenters. The van der Waals surface area contributed by atoms with E-state index in [0.29, 0.717) is 17.4 Å². The first-order valence-corrected chi connectivity index (χ1v) is 6.21. The van der Waals surface area contributed by atoms with Crippen molar-refractivity contribution in [3.05, 3.63) is 34.9 Å². The molecule has 0 saturated carbocycles. The molecule has 0 aliphatic heterocycles. The molecule has 0 N–H and O–H groups in total. The van der Waals surface area contributed by atoms with Crippen molar-refractivity contribution in [1.82, 2.24) is 0 Å². The summed E-state index contributed by atoms with van der Waals surface area (Å²) in [6.45, 7) is 6.00. The number of hydrogen-bond donors (Lipinski definition) is 0. The molecular formula is C14H17ClO3. The predicted molar refractivity (Wildman–Crippen MR) is 72.9 cm³/mol. The molecule has 0 radical (unpaired) electrons. The molecule has 4 heteroatoms. The Morgan fingerprint density at radius 1 is 1.44 bits per heavy atom. The van der Waals surface area contributed by atoms with Gasteiger partial charge in [-0.1, -0.05) is 17.7 Å². The van der Waals surface area contributed by atoms with Crippen LogP contribution in [-0.4, -0.2) is 18.7 Å². The minimum absolute atomic E-state index is 0.0726. The standard InChI is InChI=1S/C14H17ClO3/c1-4-17-14(16)8-6-11-5-7-13(12(15)9-11)18-10(2)3/h5-10H,4H2,1-3H3. The highest BCUT2D eigenvalue weighted by Gasteiger charge is 2.04. The summed E-state index contributed by atoms with van der Waals surface area (Å²) in [5.41, 5.74) is 0.823. The van der Waals surface area contributed by atoms with E-state index < -0.39 is 0 Å². The van der Waals surface area contributed by atoms with Gasteiger partial charge in [-0.15, -0.1) is 0 Å². The summed E-state index contributed by atoms with van der Waals surface area (Å²) in [5, 5.41) is 0.523. The minimum Gasteiger partial charge on any atom is -0.489 e. The molecule has 0 aliphatic carbocycles. The van der Waals surface area contributed by atoms with Gasteiger partial charge in [0, 0.05) is 6.08 Å². The number of carbonyl (C=O) groups excluding carboxylic acids is 1. The normalized spacial score (nSPS) is 10.9. The van der Waals surface area contributed by atoms with Gasteiger partial charge in [0.05, 0.1) is 17.7 Å². The Kier molecular flexibility index (Phi) is 5.72. The Bertz CT molecular complexity index is 439. The fraction of sp³-hybridized carbons (Fsp3) is 0.357. The van der Waals surface area contributed by atoms with Crippen molar-refractivity contribution in [2.75, 3.05) is 6.61 Å². The maximum atomic E-state index is 11.1. The lowest BCUT2D eigenvalue weighted by Crippen LogP contribution is -2.05. The van der Waals surface area contributed by atoms with Crippen LogP contribution in [0.15, 0.2) is 24.3 Å². The van der Waals surface area contributed by atoms with Crippen molar-refractivity contribution in [2.24, 2.45) is 0 Å². The van der Waals surface area contributed by atoms with Gasteiger partial charge in [0.15, 0.2) is 0 Å². The van der Waals surface area contributed by atoms with Gasteiger partial charge < -0.3 is 9.47 Å². The topological polar surface area (TPSA) is 35.5 Å². The lowest BCUT2D eigenvalue weighted by Gasteiger charge is -2.11. The van der Waals surface area contributed by atoms with Crippen LogP contribution in [0, 0.1) is 0 Å². The van der Waals surface area contributed by atoms with E-state index in [-0.39, 0.29) is 12.1 Å². The van der Waals surface area contributed by atoms with E-state index in [1.807, 2.05) is 19.9 Å². The van der Waals surface area contributed by atoms with E-state index in [2.05, 4.69) is 0 Å². The molecule has 0 aliphatic rings. The maximum Gasteiger partial charge on any atom is 0.330 e. The molecule has 0 aromatic heterocycles. The molecule has 0 saturated heterocycles. The van der Waals surface area contributed by atoms with Crippen molar-refractivity contribution in [2.45, 2.75) is 26.9 Å².